The van der Waals surface area contributed by atoms with Crippen LogP contribution >= 0.6 is 0 Å². The van der Waals surface area contributed by atoms with E-state index in [1.165, 1.54) is 0 Å². The molecule has 0 spiro atoms. The second kappa shape index (κ2) is 6.33. The Bertz CT molecular complexity index is 192. The molecule has 0 aromatic carbocycles. The molecule has 1 atom stereocenters. The van der Waals surface area contributed by atoms with Gasteiger partial charge in [0, 0.05) is 6.54 Å². The Kier molecular flexibility index (Phi) is 5.82. The molecule has 0 aliphatic carbocycles. The van der Waals surface area contributed by atoms with Crippen molar-refractivity contribution >= 4 is 11.8 Å². The molecule has 0 aliphatic rings. The summed E-state index contributed by atoms with van der Waals surface area (Å²) in [6, 6.07) is 0. The molecular weight excluding hydrogens is 184 g/mol. The number of carbonyl (C=O) groups excluding carboxylic acids is 2. The lowest BCUT2D eigenvalue weighted by molar-refractivity contribution is -0.122. The van der Waals surface area contributed by atoms with Crippen molar-refractivity contribution in [3.05, 3.63) is 0 Å². The van der Waals surface area contributed by atoms with Crippen molar-refractivity contribution in [2.24, 2.45) is 23.1 Å². The van der Waals surface area contributed by atoms with Gasteiger partial charge in [0.1, 0.15) is 0 Å². The van der Waals surface area contributed by atoms with E-state index < -0.39 is 11.8 Å². The van der Waals surface area contributed by atoms with Gasteiger partial charge in [-0.1, -0.05) is 6.92 Å². The molecular formula is C8H18N4O2. The quantitative estimate of drug-likeness (QED) is 0.436. The van der Waals surface area contributed by atoms with Crippen LogP contribution in [0.4, 0.5) is 0 Å². The number of rotatable bonds is 7. The standard InChI is InChI=1S/C8H18N4O2/c1-6(2-9)3-12(4-7(10)13)5-8(11)14/h6H,2-5,9H2,1H3,(H2,10,13)(H2,11,14). The number of hydrogen-bond acceptors (Lipinski definition) is 4. The lowest BCUT2D eigenvalue weighted by atomic mass is 10.1. The molecule has 0 aliphatic heterocycles. The number of nitrogens with zero attached hydrogens (tertiary/aromatic N) is 1. The van der Waals surface area contributed by atoms with Gasteiger partial charge >= 0.3 is 0 Å². The molecule has 2 amide bonds. The fraction of sp³-hybridized carbons (Fsp3) is 0.750. The number of nitrogens with two attached hydrogens (primary N) is 3. The zero-order valence-corrected chi connectivity index (χ0v) is 8.40. The van der Waals surface area contributed by atoms with Gasteiger partial charge in [0.05, 0.1) is 13.1 Å². The minimum absolute atomic E-state index is 0.0350. The summed E-state index contributed by atoms with van der Waals surface area (Å²) in [7, 11) is 0. The van der Waals surface area contributed by atoms with E-state index in [1.807, 2.05) is 6.92 Å². The molecule has 0 rings (SSSR count). The highest BCUT2D eigenvalue weighted by molar-refractivity contribution is 5.79. The van der Waals surface area contributed by atoms with E-state index in [0.717, 1.165) is 0 Å². The average molecular weight is 202 g/mol. The zero-order chi connectivity index (χ0) is 11.1. The third-order valence-corrected chi connectivity index (χ3v) is 1.73. The fourth-order valence-electron chi connectivity index (χ4n) is 1.14. The van der Waals surface area contributed by atoms with Crippen LogP contribution in [0.2, 0.25) is 0 Å². The summed E-state index contributed by atoms with van der Waals surface area (Å²) in [4.78, 5) is 22.9. The maximum atomic E-state index is 10.7. The average Bonchev–Trinajstić information content (AvgIpc) is 2.01. The van der Waals surface area contributed by atoms with Crippen LogP contribution in [0.25, 0.3) is 0 Å². The predicted molar refractivity (Wildman–Crippen MR) is 53.0 cm³/mol. The molecule has 0 aromatic heterocycles. The molecule has 14 heavy (non-hydrogen) atoms. The van der Waals surface area contributed by atoms with Gasteiger partial charge < -0.3 is 17.2 Å². The van der Waals surface area contributed by atoms with Gasteiger partial charge in [-0.2, -0.15) is 0 Å². The first-order chi connectivity index (χ1) is 6.45. The van der Waals surface area contributed by atoms with Crippen LogP contribution in [0.1, 0.15) is 6.92 Å². The monoisotopic (exact) mass is 202 g/mol. The molecule has 0 fully saturated rings. The lowest BCUT2D eigenvalue weighted by Crippen LogP contribution is -2.42. The smallest absolute Gasteiger partial charge is 0.231 e. The Labute approximate surface area is 83.4 Å². The molecule has 6 heteroatoms. The third kappa shape index (κ3) is 6.38. The molecule has 0 aromatic rings. The first-order valence-electron chi connectivity index (χ1n) is 4.44. The molecule has 0 radical (unpaired) electrons. The maximum Gasteiger partial charge on any atom is 0.231 e. The molecule has 0 saturated heterocycles. The van der Waals surface area contributed by atoms with Crippen LogP contribution in [0.15, 0.2) is 0 Å². The van der Waals surface area contributed by atoms with E-state index in [9.17, 15) is 9.59 Å². The fourth-order valence-corrected chi connectivity index (χ4v) is 1.14. The van der Waals surface area contributed by atoms with Crippen LogP contribution in [0.3, 0.4) is 0 Å². The summed E-state index contributed by atoms with van der Waals surface area (Å²) in [5.41, 5.74) is 15.5. The van der Waals surface area contributed by atoms with Crippen LogP contribution in [0, 0.1) is 5.92 Å². The van der Waals surface area contributed by atoms with Crippen LogP contribution in [-0.2, 0) is 9.59 Å². The van der Waals surface area contributed by atoms with Crippen molar-refractivity contribution in [3.8, 4) is 0 Å². The van der Waals surface area contributed by atoms with Gasteiger partial charge in [-0.15, -0.1) is 0 Å². The van der Waals surface area contributed by atoms with Crippen LogP contribution in [-0.4, -0.2) is 42.9 Å². The highest BCUT2D eigenvalue weighted by Crippen LogP contribution is 1.97. The second-order valence-electron chi connectivity index (χ2n) is 3.44. The van der Waals surface area contributed by atoms with Crippen molar-refractivity contribution in [2.45, 2.75) is 6.92 Å². The number of carbonyl (C=O) groups is 2. The van der Waals surface area contributed by atoms with Gasteiger partial charge in [-0.05, 0) is 12.5 Å². The number of hydrogen-bond donors (Lipinski definition) is 3. The summed E-state index contributed by atoms with van der Waals surface area (Å²) in [6.45, 7) is 3.03. The molecule has 6 nitrogen and oxygen atoms in total. The van der Waals surface area contributed by atoms with E-state index in [2.05, 4.69) is 0 Å². The van der Waals surface area contributed by atoms with E-state index in [4.69, 9.17) is 17.2 Å². The summed E-state index contributed by atoms with van der Waals surface area (Å²) in [5, 5.41) is 0. The van der Waals surface area contributed by atoms with Gasteiger partial charge in [-0.25, -0.2) is 0 Å². The Hall–Kier alpha value is -1.14. The molecule has 0 bridgehead atoms. The molecule has 1 unspecified atom stereocenters. The summed E-state index contributed by atoms with van der Waals surface area (Å²) < 4.78 is 0. The number of primary amides is 2. The maximum absolute atomic E-state index is 10.7. The minimum atomic E-state index is -0.476. The van der Waals surface area contributed by atoms with Crippen molar-refractivity contribution in [2.75, 3.05) is 26.2 Å². The Morgan fingerprint density at radius 3 is 1.93 bits per heavy atom. The van der Waals surface area contributed by atoms with Crippen molar-refractivity contribution in [1.29, 1.82) is 0 Å². The normalized spacial score (nSPS) is 12.8. The Morgan fingerprint density at radius 2 is 1.64 bits per heavy atom. The molecule has 0 heterocycles. The summed E-state index contributed by atoms with van der Waals surface area (Å²) >= 11 is 0. The second-order valence-corrected chi connectivity index (χ2v) is 3.44. The Balaban J connectivity index is 4.09. The highest BCUT2D eigenvalue weighted by atomic mass is 16.2. The predicted octanol–water partition coefficient (Wildman–Crippen LogP) is -2.15. The van der Waals surface area contributed by atoms with E-state index >= 15 is 0 Å². The third-order valence-electron chi connectivity index (χ3n) is 1.73. The summed E-state index contributed by atoms with van der Waals surface area (Å²) in [5.74, 6) is -0.750. The minimum Gasteiger partial charge on any atom is -0.369 e. The SMILES string of the molecule is CC(CN)CN(CC(N)=O)CC(N)=O. The molecule has 0 saturated carbocycles. The van der Waals surface area contributed by atoms with Crippen molar-refractivity contribution < 1.29 is 9.59 Å². The van der Waals surface area contributed by atoms with Gasteiger partial charge in [0.15, 0.2) is 0 Å². The topological polar surface area (TPSA) is 115 Å². The Morgan fingerprint density at radius 1 is 1.21 bits per heavy atom. The van der Waals surface area contributed by atoms with Crippen molar-refractivity contribution in [1.82, 2.24) is 4.90 Å². The first kappa shape index (κ1) is 12.9. The van der Waals surface area contributed by atoms with Crippen molar-refractivity contribution in [3.63, 3.8) is 0 Å². The summed E-state index contributed by atoms with van der Waals surface area (Å²) in [6.07, 6.45) is 0. The van der Waals surface area contributed by atoms with Gasteiger partial charge in [0.2, 0.25) is 11.8 Å². The largest absolute Gasteiger partial charge is 0.369 e. The lowest BCUT2D eigenvalue weighted by Gasteiger charge is -2.21. The number of amides is 2. The first-order valence-corrected chi connectivity index (χ1v) is 4.44. The van der Waals surface area contributed by atoms with Crippen LogP contribution < -0.4 is 17.2 Å². The highest BCUT2D eigenvalue weighted by Gasteiger charge is 2.13. The molecule has 82 valence electrons. The van der Waals surface area contributed by atoms with Gasteiger partial charge in [-0.3, -0.25) is 14.5 Å². The van der Waals surface area contributed by atoms with E-state index in [0.29, 0.717) is 13.1 Å². The van der Waals surface area contributed by atoms with Gasteiger partial charge in [0.25, 0.3) is 0 Å². The zero-order valence-electron chi connectivity index (χ0n) is 8.40. The van der Waals surface area contributed by atoms with Crippen LogP contribution in [0.5, 0.6) is 0 Å². The van der Waals surface area contributed by atoms with E-state index in [1.54, 1.807) is 4.90 Å². The van der Waals surface area contributed by atoms with E-state index in [-0.39, 0.29) is 19.0 Å². The molecule has 6 N–H and O–H groups in total.